The molecule has 28 heavy (non-hydrogen) atoms. The van der Waals surface area contributed by atoms with Gasteiger partial charge in [-0.3, -0.25) is 24.0 Å². The van der Waals surface area contributed by atoms with E-state index < -0.39 is 0 Å². The number of hydrogen-bond acceptors (Lipinski definition) is 5. The summed E-state index contributed by atoms with van der Waals surface area (Å²) in [5, 5.41) is 10.5. The van der Waals surface area contributed by atoms with Crippen molar-refractivity contribution >= 4 is 17.7 Å². The zero-order chi connectivity index (χ0) is 19.3. The molecule has 0 spiro atoms. The van der Waals surface area contributed by atoms with Gasteiger partial charge in [0.25, 0.3) is 5.91 Å². The summed E-state index contributed by atoms with van der Waals surface area (Å²) >= 11 is 0. The Bertz CT molecular complexity index is 811. The van der Waals surface area contributed by atoms with Crippen LogP contribution in [0.25, 0.3) is 0 Å². The third-order valence-electron chi connectivity index (χ3n) is 6.67. The normalized spacial score (nSPS) is 33.6. The Labute approximate surface area is 163 Å². The Kier molecular flexibility index (Phi) is 4.30. The van der Waals surface area contributed by atoms with Crippen LogP contribution in [0.4, 0.5) is 0 Å². The minimum atomic E-state index is -0.274. The number of aromatic nitrogens is 2. The van der Waals surface area contributed by atoms with Crippen LogP contribution in [0.3, 0.4) is 0 Å². The Morgan fingerprint density at radius 1 is 1.21 bits per heavy atom. The van der Waals surface area contributed by atoms with Crippen molar-refractivity contribution in [2.24, 2.45) is 23.7 Å². The van der Waals surface area contributed by atoms with Crippen molar-refractivity contribution in [3.8, 4) is 0 Å². The average molecular weight is 383 g/mol. The first-order valence-electron chi connectivity index (χ1n) is 10.2. The molecule has 2 bridgehead atoms. The standard InChI is InChI=1S/C20H25N5O3/c26-18(15-5-8-25(23-15)14-2-1-6-21-11-14)22-7-9-24-19(27)16-12-3-4-13(10-12)17(16)20(24)28/h3-5,8,12-14,16-17,21H,1-2,6-7,9-11H2,(H,22,26). The van der Waals surface area contributed by atoms with Gasteiger partial charge in [-0.1, -0.05) is 12.2 Å². The largest absolute Gasteiger partial charge is 0.349 e. The molecule has 2 N–H and O–H groups in total. The van der Waals surface area contributed by atoms with Gasteiger partial charge in [0.05, 0.1) is 17.9 Å². The molecule has 5 unspecified atom stereocenters. The number of allylic oxidation sites excluding steroid dienone is 2. The second-order valence-corrected chi connectivity index (χ2v) is 8.27. The van der Waals surface area contributed by atoms with Crippen LogP contribution in [-0.4, -0.2) is 58.6 Å². The van der Waals surface area contributed by atoms with Gasteiger partial charge in [0, 0.05) is 25.8 Å². The molecular formula is C20H25N5O3. The molecule has 5 atom stereocenters. The quantitative estimate of drug-likeness (QED) is 0.565. The van der Waals surface area contributed by atoms with E-state index in [-0.39, 0.29) is 60.5 Å². The fraction of sp³-hybridized carbons (Fsp3) is 0.600. The van der Waals surface area contributed by atoms with E-state index in [4.69, 9.17) is 0 Å². The number of carbonyl (C=O) groups is 3. The Morgan fingerprint density at radius 3 is 2.64 bits per heavy atom. The first kappa shape index (κ1) is 17.6. The molecule has 1 saturated carbocycles. The van der Waals surface area contributed by atoms with Crippen LogP contribution in [0.5, 0.6) is 0 Å². The molecule has 3 amide bonds. The number of nitrogens with zero attached hydrogens (tertiary/aromatic N) is 3. The third kappa shape index (κ3) is 2.78. The van der Waals surface area contributed by atoms with Crippen LogP contribution in [0, 0.1) is 23.7 Å². The first-order valence-corrected chi connectivity index (χ1v) is 10.2. The van der Waals surface area contributed by atoms with E-state index in [0.717, 1.165) is 32.4 Å². The van der Waals surface area contributed by atoms with Gasteiger partial charge < -0.3 is 10.6 Å². The lowest BCUT2D eigenvalue weighted by Gasteiger charge is -2.22. The minimum absolute atomic E-state index is 0.0739. The number of piperidine rings is 1. The molecule has 3 heterocycles. The van der Waals surface area contributed by atoms with Crippen molar-refractivity contribution < 1.29 is 14.4 Å². The average Bonchev–Trinajstić information content (AvgIpc) is 3.49. The maximum absolute atomic E-state index is 12.6. The van der Waals surface area contributed by atoms with Gasteiger partial charge >= 0.3 is 0 Å². The third-order valence-corrected chi connectivity index (χ3v) is 6.67. The molecule has 8 nitrogen and oxygen atoms in total. The highest BCUT2D eigenvalue weighted by Gasteiger charge is 2.58. The summed E-state index contributed by atoms with van der Waals surface area (Å²) in [7, 11) is 0. The van der Waals surface area contributed by atoms with Crippen LogP contribution in [0.15, 0.2) is 24.4 Å². The lowest BCUT2D eigenvalue weighted by molar-refractivity contribution is -0.140. The second-order valence-electron chi connectivity index (χ2n) is 8.27. The topological polar surface area (TPSA) is 96.3 Å². The molecular weight excluding hydrogens is 358 g/mol. The number of nitrogens with one attached hydrogen (secondary N) is 2. The summed E-state index contributed by atoms with van der Waals surface area (Å²) in [5.74, 6) is -0.363. The molecule has 2 aliphatic carbocycles. The van der Waals surface area contributed by atoms with Gasteiger partial charge in [0.2, 0.25) is 11.8 Å². The number of imide groups is 1. The molecule has 3 fully saturated rings. The Balaban J connectivity index is 1.15. The van der Waals surface area contributed by atoms with Gasteiger partial charge in [-0.05, 0) is 43.7 Å². The summed E-state index contributed by atoms with van der Waals surface area (Å²) in [6, 6.07) is 1.99. The second kappa shape index (κ2) is 6.84. The lowest BCUT2D eigenvalue weighted by atomic mass is 9.85. The minimum Gasteiger partial charge on any atom is -0.349 e. The summed E-state index contributed by atoms with van der Waals surface area (Å²) in [6.07, 6.45) is 9.08. The van der Waals surface area contributed by atoms with Crippen molar-refractivity contribution in [2.75, 3.05) is 26.2 Å². The summed E-state index contributed by atoms with van der Waals surface area (Å²) in [5.41, 5.74) is 0.365. The van der Waals surface area contributed by atoms with Crippen molar-refractivity contribution in [3.05, 3.63) is 30.1 Å². The van der Waals surface area contributed by atoms with E-state index in [1.807, 2.05) is 10.9 Å². The highest BCUT2D eigenvalue weighted by molar-refractivity contribution is 6.06. The maximum Gasteiger partial charge on any atom is 0.271 e. The molecule has 5 rings (SSSR count). The predicted molar refractivity (Wildman–Crippen MR) is 100 cm³/mol. The number of rotatable bonds is 5. The highest BCUT2D eigenvalue weighted by Crippen LogP contribution is 2.52. The van der Waals surface area contributed by atoms with Crippen LogP contribution < -0.4 is 10.6 Å². The number of hydrogen-bond donors (Lipinski definition) is 2. The van der Waals surface area contributed by atoms with E-state index in [9.17, 15) is 14.4 Å². The smallest absolute Gasteiger partial charge is 0.271 e. The number of likely N-dealkylation sites (tertiary alicyclic amines) is 1. The molecule has 148 valence electrons. The van der Waals surface area contributed by atoms with Crippen molar-refractivity contribution in [1.82, 2.24) is 25.3 Å². The fourth-order valence-electron chi connectivity index (χ4n) is 5.28. The lowest BCUT2D eigenvalue weighted by Crippen LogP contribution is -2.40. The van der Waals surface area contributed by atoms with Crippen LogP contribution in [0.2, 0.25) is 0 Å². The molecule has 0 radical (unpaired) electrons. The van der Waals surface area contributed by atoms with Gasteiger partial charge in [-0.25, -0.2) is 0 Å². The van der Waals surface area contributed by atoms with Crippen molar-refractivity contribution in [2.45, 2.75) is 25.3 Å². The zero-order valence-electron chi connectivity index (χ0n) is 15.7. The van der Waals surface area contributed by atoms with Crippen LogP contribution in [0.1, 0.15) is 35.8 Å². The van der Waals surface area contributed by atoms with E-state index in [1.165, 1.54) is 4.90 Å². The van der Waals surface area contributed by atoms with Crippen LogP contribution in [-0.2, 0) is 9.59 Å². The first-order chi connectivity index (χ1) is 13.6. The van der Waals surface area contributed by atoms with Crippen molar-refractivity contribution in [1.29, 1.82) is 0 Å². The molecule has 4 aliphatic rings. The van der Waals surface area contributed by atoms with Gasteiger partial charge in [0.15, 0.2) is 0 Å². The highest BCUT2D eigenvalue weighted by atomic mass is 16.2. The Morgan fingerprint density at radius 2 is 1.96 bits per heavy atom. The van der Waals surface area contributed by atoms with E-state index in [2.05, 4.69) is 27.9 Å². The van der Waals surface area contributed by atoms with E-state index in [1.54, 1.807) is 6.07 Å². The Hall–Kier alpha value is -2.48. The number of fused-ring (bicyclic) bond motifs is 5. The fourth-order valence-corrected chi connectivity index (χ4v) is 5.28. The molecule has 2 aliphatic heterocycles. The molecule has 0 aromatic carbocycles. The zero-order valence-corrected chi connectivity index (χ0v) is 15.7. The van der Waals surface area contributed by atoms with Crippen LogP contribution >= 0.6 is 0 Å². The monoisotopic (exact) mass is 383 g/mol. The summed E-state index contributed by atoms with van der Waals surface area (Å²) in [6.45, 7) is 2.36. The number of carbonyl (C=O) groups excluding carboxylic acids is 3. The molecule has 8 heteroatoms. The molecule has 2 saturated heterocycles. The van der Waals surface area contributed by atoms with Gasteiger partial charge in [-0.2, -0.15) is 5.10 Å². The van der Waals surface area contributed by atoms with E-state index >= 15 is 0 Å². The summed E-state index contributed by atoms with van der Waals surface area (Å²) in [4.78, 5) is 39.0. The SMILES string of the molecule is O=C(NCCN1C(=O)C2C3C=CC(C3)C2C1=O)c1ccn(C2CCCNC2)n1. The van der Waals surface area contributed by atoms with Gasteiger partial charge in [-0.15, -0.1) is 0 Å². The van der Waals surface area contributed by atoms with Gasteiger partial charge in [0.1, 0.15) is 5.69 Å². The molecule has 1 aromatic rings. The van der Waals surface area contributed by atoms with Crippen molar-refractivity contribution in [3.63, 3.8) is 0 Å². The number of amides is 3. The maximum atomic E-state index is 12.6. The molecule has 1 aromatic heterocycles. The predicted octanol–water partition coefficient (Wildman–Crippen LogP) is 0.345. The van der Waals surface area contributed by atoms with E-state index in [0.29, 0.717) is 5.69 Å². The summed E-state index contributed by atoms with van der Waals surface area (Å²) < 4.78 is 1.85.